The van der Waals surface area contributed by atoms with E-state index >= 15 is 0 Å². The number of rotatable bonds is 8. The number of aryl methyl sites for hydroxylation is 2. The minimum Gasteiger partial charge on any atom is -0.393 e. The molecular formula is C24H29N5O12. The van der Waals surface area contributed by atoms with Crippen LogP contribution in [0.1, 0.15) is 23.6 Å². The summed E-state index contributed by atoms with van der Waals surface area (Å²) in [5.41, 5.74) is -5.12. The van der Waals surface area contributed by atoms with Crippen molar-refractivity contribution in [2.75, 3.05) is 33.0 Å². The van der Waals surface area contributed by atoms with Crippen molar-refractivity contribution in [3.8, 4) is 0 Å². The molecule has 6 rings (SSSR count). The Morgan fingerprint density at radius 3 is 2.20 bits per heavy atom. The first kappa shape index (κ1) is 27.7. The van der Waals surface area contributed by atoms with Crippen LogP contribution < -0.4 is 27.8 Å². The van der Waals surface area contributed by atoms with Gasteiger partial charge in [0.2, 0.25) is 5.60 Å². The number of aromatic nitrogens is 4. The van der Waals surface area contributed by atoms with Crippen LogP contribution in [0.3, 0.4) is 0 Å². The highest BCUT2D eigenvalue weighted by molar-refractivity contribution is 5.87. The van der Waals surface area contributed by atoms with Crippen molar-refractivity contribution in [3.05, 3.63) is 65.2 Å². The molecular weight excluding hydrogens is 550 g/mol. The maximum atomic E-state index is 13.2. The van der Waals surface area contributed by atoms with E-state index in [2.05, 4.69) is 15.3 Å². The van der Waals surface area contributed by atoms with Gasteiger partial charge >= 0.3 is 11.4 Å². The molecule has 0 radical (unpaired) electrons. The number of nitrogens with zero attached hydrogens (tertiary/aromatic N) is 2. The van der Waals surface area contributed by atoms with Gasteiger partial charge in [0.1, 0.15) is 30.0 Å². The van der Waals surface area contributed by atoms with Crippen molar-refractivity contribution in [2.45, 2.75) is 61.9 Å². The molecule has 4 aliphatic rings. The van der Waals surface area contributed by atoms with Crippen molar-refractivity contribution in [3.63, 3.8) is 0 Å². The highest BCUT2D eigenvalue weighted by atomic mass is 16.7. The molecule has 6 heterocycles. The van der Waals surface area contributed by atoms with Crippen molar-refractivity contribution in [1.82, 2.24) is 24.4 Å². The fourth-order valence-electron chi connectivity index (χ4n) is 5.79. The third-order valence-corrected chi connectivity index (χ3v) is 8.04. The summed E-state index contributed by atoms with van der Waals surface area (Å²) < 4.78 is 31.4. The number of fused-ring (bicyclic) bond motifs is 4. The summed E-state index contributed by atoms with van der Waals surface area (Å²) in [6.45, 7) is 2.20. The van der Waals surface area contributed by atoms with Crippen LogP contribution in [0.15, 0.2) is 31.6 Å². The van der Waals surface area contributed by atoms with E-state index in [-0.39, 0.29) is 37.5 Å². The van der Waals surface area contributed by atoms with Crippen molar-refractivity contribution in [2.24, 2.45) is 0 Å². The van der Waals surface area contributed by atoms with E-state index in [0.29, 0.717) is 0 Å². The predicted molar refractivity (Wildman–Crippen MR) is 133 cm³/mol. The third-order valence-electron chi connectivity index (χ3n) is 8.04. The Hall–Kier alpha value is -3.45. The monoisotopic (exact) mass is 579 g/mol. The van der Waals surface area contributed by atoms with Gasteiger partial charge in [0.25, 0.3) is 17.0 Å². The van der Waals surface area contributed by atoms with E-state index in [0.717, 1.165) is 4.57 Å². The van der Waals surface area contributed by atoms with Crippen LogP contribution in [0.5, 0.6) is 0 Å². The Bertz CT molecular complexity index is 1610. The first-order valence-electron chi connectivity index (χ1n) is 12.9. The van der Waals surface area contributed by atoms with Gasteiger partial charge in [0, 0.05) is 30.1 Å². The van der Waals surface area contributed by atoms with Gasteiger partial charge in [0.15, 0.2) is 12.5 Å². The van der Waals surface area contributed by atoms with Gasteiger partial charge in [-0.1, -0.05) is 0 Å². The fraction of sp³-hybridized carbons (Fsp3) is 0.625. The summed E-state index contributed by atoms with van der Waals surface area (Å²) in [6.07, 6.45) is -3.51. The number of nitrogens with one attached hydrogen (secondary N) is 3. The first-order chi connectivity index (χ1) is 19.5. The lowest BCUT2D eigenvalue weighted by atomic mass is 9.98. The maximum absolute atomic E-state index is 13.2. The molecule has 2 unspecified atom stereocenters. The van der Waals surface area contributed by atoms with Gasteiger partial charge < -0.3 is 39.2 Å². The smallest absolute Gasteiger partial charge is 0.330 e. The molecule has 0 aliphatic carbocycles. The number of hydrogen-bond acceptors (Lipinski definition) is 12. The molecule has 4 bridgehead atoms. The van der Waals surface area contributed by atoms with Gasteiger partial charge in [-0.25, -0.2) is 9.59 Å². The Balaban J connectivity index is 1.11. The highest BCUT2D eigenvalue weighted by Crippen LogP contribution is 2.46. The molecule has 2 aromatic heterocycles. The summed E-state index contributed by atoms with van der Waals surface area (Å²) in [5, 5.41) is 23.6. The fourth-order valence-corrected chi connectivity index (χ4v) is 5.79. The number of aliphatic hydroxyl groups is 2. The Morgan fingerprint density at radius 1 is 1.00 bits per heavy atom. The van der Waals surface area contributed by atoms with Gasteiger partial charge in [-0.05, 0) is 13.8 Å². The first-order valence-corrected chi connectivity index (χ1v) is 12.9. The van der Waals surface area contributed by atoms with Crippen molar-refractivity contribution < 1.29 is 38.7 Å². The van der Waals surface area contributed by atoms with E-state index in [1.807, 2.05) is 0 Å². The Morgan fingerprint density at radius 2 is 1.59 bits per heavy atom. The van der Waals surface area contributed by atoms with E-state index in [1.165, 1.54) is 30.8 Å². The zero-order valence-corrected chi connectivity index (χ0v) is 22.0. The molecule has 4 aliphatic heterocycles. The molecule has 17 heteroatoms. The van der Waals surface area contributed by atoms with Gasteiger partial charge in [-0.3, -0.25) is 33.5 Å². The second kappa shape index (κ2) is 9.83. The lowest BCUT2D eigenvalue weighted by molar-refractivity contribution is -0.189. The lowest BCUT2D eigenvalue weighted by Gasteiger charge is -2.30. The van der Waals surface area contributed by atoms with Crippen molar-refractivity contribution >= 4 is 5.91 Å². The lowest BCUT2D eigenvalue weighted by Crippen LogP contribution is -2.55. The van der Waals surface area contributed by atoms with Crippen LogP contribution in [0, 0.1) is 13.8 Å². The molecule has 4 saturated heterocycles. The normalized spacial score (nSPS) is 35.3. The van der Waals surface area contributed by atoms with Crippen LogP contribution in [-0.2, 0) is 28.5 Å². The van der Waals surface area contributed by atoms with Gasteiger partial charge in [-0.15, -0.1) is 0 Å². The van der Waals surface area contributed by atoms with Gasteiger partial charge in [0.05, 0.1) is 26.4 Å². The summed E-state index contributed by atoms with van der Waals surface area (Å²) >= 11 is 0. The second-order valence-corrected chi connectivity index (χ2v) is 10.6. The molecule has 0 spiro atoms. The zero-order chi connectivity index (χ0) is 29.3. The molecule has 0 saturated carbocycles. The molecule has 2 aromatic rings. The standard InChI is InChI=1S/C24H29N5O12/c1-10-5-28(21(35)26-16(10)32)18-12-14(31)24(41-18,9-39-12)20(34)25-3-4-37-15-13-19(40-23(15,7-30)8-38-13)29-6-11(2)17(33)27-22(29)36/h5-6,12-15,18-19,30-31H,3-4,7-9H2,1-2H3,(H,25,34)(H,26,32,35)(H,27,33,36)/t12?,13?,14-,15-,18+,19+,23-,24-/m0/s1. The van der Waals surface area contributed by atoms with Crippen LogP contribution in [-0.4, -0.2) is 104 Å². The number of carbonyl (C=O) groups excluding carboxylic acids is 1. The number of aliphatic hydroxyl groups excluding tert-OH is 2. The zero-order valence-electron chi connectivity index (χ0n) is 22.0. The average molecular weight is 580 g/mol. The topological polar surface area (TPSA) is 225 Å². The maximum Gasteiger partial charge on any atom is 0.330 e. The third kappa shape index (κ3) is 4.15. The van der Waals surface area contributed by atoms with E-state index in [4.69, 9.17) is 23.7 Å². The molecule has 17 nitrogen and oxygen atoms in total. The minimum atomic E-state index is -1.79. The molecule has 5 N–H and O–H groups in total. The summed E-state index contributed by atoms with van der Waals surface area (Å²) in [5.74, 6) is -0.695. The number of H-pyrrole nitrogens is 2. The number of carbonyl (C=O) groups is 1. The van der Waals surface area contributed by atoms with Crippen molar-refractivity contribution in [1.29, 1.82) is 0 Å². The summed E-state index contributed by atoms with van der Waals surface area (Å²) in [7, 11) is 0. The minimum absolute atomic E-state index is 0.00559. The van der Waals surface area contributed by atoms with Crippen LogP contribution >= 0.6 is 0 Å². The largest absolute Gasteiger partial charge is 0.393 e. The molecule has 4 fully saturated rings. The highest BCUT2D eigenvalue weighted by Gasteiger charge is 2.66. The Labute approximate surface area is 229 Å². The molecule has 0 aromatic carbocycles. The number of aromatic amines is 2. The van der Waals surface area contributed by atoms with Crippen LogP contribution in [0.2, 0.25) is 0 Å². The molecule has 222 valence electrons. The number of ether oxygens (including phenoxy) is 5. The number of hydrogen-bond donors (Lipinski definition) is 5. The average Bonchev–Trinajstić information content (AvgIpc) is 3.65. The SMILES string of the molecule is Cc1cn([C@@H]2O[C@@]3(CO)COC2[C@@H]3OCCNC(=O)[C@@]23COC([C@H](n4cc(C)c(=O)[nH]c4=O)O2)[C@@H]3O)c(=O)[nH]c1=O. The van der Waals surface area contributed by atoms with E-state index < -0.39 is 83.1 Å². The number of amides is 1. The summed E-state index contributed by atoms with van der Waals surface area (Å²) in [4.78, 5) is 65.8. The van der Waals surface area contributed by atoms with Gasteiger partial charge in [-0.2, -0.15) is 0 Å². The molecule has 1 amide bonds. The molecule has 8 atom stereocenters. The van der Waals surface area contributed by atoms with E-state index in [9.17, 15) is 34.2 Å². The quantitative estimate of drug-likeness (QED) is 0.188. The second-order valence-electron chi connectivity index (χ2n) is 10.6. The summed E-state index contributed by atoms with van der Waals surface area (Å²) in [6, 6.07) is 0. The van der Waals surface area contributed by atoms with E-state index in [1.54, 1.807) is 0 Å². The van der Waals surface area contributed by atoms with Crippen LogP contribution in [0.25, 0.3) is 0 Å². The predicted octanol–water partition coefficient (Wildman–Crippen LogP) is -4.11. The Kier molecular flexibility index (Phi) is 6.64. The molecule has 41 heavy (non-hydrogen) atoms. The van der Waals surface area contributed by atoms with Crippen LogP contribution in [0.4, 0.5) is 0 Å².